The van der Waals surface area contributed by atoms with Crippen LogP contribution in [-0.2, 0) is 11.3 Å². The average molecular weight is 405 g/mol. The molecule has 7 nitrogen and oxygen atoms in total. The van der Waals surface area contributed by atoms with E-state index >= 15 is 0 Å². The van der Waals surface area contributed by atoms with Crippen molar-refractivity contribution in [1.29, 1.82) is 0 Å². The largest absolute Gasteiger partial charge is 0.272 e. The van der Waals surface area contributed by atoms with Crippen LogP contribution < -0.4 is 0 Å². The molecule has 0 radical (unpaired) electrons. The molecule has 0 N–H and O–H groups in total. The van der Waals surface area contributed by atoms with Crippen molar-refractivity contribution in [2.24, 2.45) is 5.10 Å². The predicted octanol–water partition coefficient (Wildman–Crippen LogP) is 3.29. The lowest BCUT2D eigenvalue weighted by molar-refractivity contribution is -0.130. The average Bonchev–Trinajstić information content (AvgIpc) is 3.45. The van der Waals surface area contributed by atoms with Gasteiger partial charge >= 0.3 is 0 Å². The molecule has 0 aromatic carbocycles. The first kappa shape index (κ1) is 17.4. The molecule has 1 atom stereocenters. The maximum atomic E-state index is 12.9. The molecule has 0 bridgehead atoms. The van der Waals surface area contributed by atoms with Gasteiger partial charge in [0.05, 0.1) is 22.4 Å². The van der Waals surface area contributed by atoms with Crippen LogP contribution in [0.3, 0.4) is 0 Å². The Morgan fingerprint density at radius 2 is 2.15 bits per heavy atom. The molecular formula is C16H16N6OS3. The molecule has 4 heterocycles. The Labute approximate surface area is 162 Å². The van der Waals surface area contributed by atoms with Crippen LogP contribution >= 0.6 is 34.4 Å². The van der Waals surface area contributed by atoms with Crippen molar-refractivity contribution in [2.75, 3.05) is 5.75 Å². The SMILES string of the molecule is CCn1nnnc1SCC(=O)N1N=C(c2cccs2)C[C@H]1c1cccs1. The lowest BCUT2D eigenvalue weighted by atomic mass is 10.1. The topological polar surface area (TPSA) is 76.3 Å². The Kier molecular flexibility index (Phi) is 5.14. The van der Waals surface area contributed by atoms with Gasteiger partial charge < -0.3 is 0 Å². The summed E-state index contributed by atoms with van der Waals surface area (Å²) in [5, 5.41) is 22.5. The fourth-order valence-corrected chi connectivity index (χ4v) is 5.05. The molecule has 4 rings (SSSR count). The molecule has 0 aliphatic carbocycles. The minimum Gasteiger partial charge on any atom is -0.272 e. The minimum atomic E-state index is -0.0395. The van der Waals surface area contributed by atoms with Crippen LogP contribution in [0.1, 0.15) is 29.1 Å². The Balaban J connectivity index is 1.53. The number of aromatic nitrogens is 4. The van der Waals surface area contributed by atoms with Crippen molar-refractivity contribution in [3.8, 4) is 0 Å². The van der Waals surface area contributed by atoms with Gasteiger partial charge in [0.1, 0.15) is 0 Å². The zero-order valence-electron chi connectivity index (χ0n) is 14.0. The molecule has 26 heavy (non-hydrogen) atoms. The number of hydrogen-bond acceptors (Lipinski definition) is 8. The summed E-state index contributed by atoms with van der Waals surface area (Å²) in [4.78, 5) is 15.2. The van der Waals surface area contributed by atoms with E-state index in [1.807, 2.05) is 35.9 Å². The third-order valence-electron chi connectivity index (χ3n) is 3.97. The molecule has 1 aliphatic heterocycles. The number of carbonyl (C=O) groups excluding carboxylic acids is 1. The van der Waals surface area contributed by atoms with E-state index in [0.29, 0.717) is 11.7 Å². The molecule has 1 aliphatic rings. The van der Waals surface area contributed by atoms with Gasteiger partial charge in [-0.1, -0.05) is 23.9 Å². The summed E-state index contributed by atoms with van der Waals surface area (Å²) in [5.74, 6) is 0.217. The molecule has 0 saturated carbocycles. The number of tetrazole rings is 1. The first-order valence-corrected chi connectivity index (χ1v) is 10.9. The number of thiophene rings is 2. The number of nitrogens with zero attached hydrogens (tertiary/aromatic N) is 6. The fourth-order valence-electron chi connectivity index (χ4n) is 2.73. The van der Waals surface area contributed by atoms with Crippen molar-refractivity contribution in [3.63, 3.8) is 0 Å². The van der Waals surface area contributed by atoms with Gasteiger partial charge in [0.15, 0.2) is 0 Å². The molecule has 3 aromatic heterocycles. The van der Waals surface area contributed by atoms with Crippen LogP contribution in [0.5, 0.6) is 0 Å². The van der Waals surface area contributed by atoms with E-state index in [4.69, 9.17) is 0 Å². The highest BCUT2D eigenvalue weighted by molar-refractivity contribution is 7.99. The van der Waals surface area contributed by atoms with Crippen LogP contribution in [0.2, 0.25) is 0 Å². The maximum Gasteiger partial charge on any atom is 0.253 e. The predicted molar refractivity (Wildman–Crippen MR) is 104 cm³/mol. The van der Waals surface area contributed by atoms with Crippen LogP contribution in [0.25, 0.3) is 0 Å². The van der Waals surface area contributed by atoms with E-state index < -0.39 is 0 Å². The van der Waals surface area contributed by atoms with Crippen molar-refractivity contribution in [3.05, 3.63) is 44.8 Å². The van der Waals surface area contributed by atoms with Gasteiger partial charge in [-0.2, -0.15) is 5.10 Å². The molecule has 0 unspecified atom stereocenters. The van der Waals surface area contributed by atoms with Gasteiger partial charge in [-0.15, -0.1) is 27.8 Å². The van der Waals surface area contributed by atoms with Gasteiger partial charge in [0.2, 0.25) is 5.16 Å². The van der Waals surface area contributed by atoms with E-state index in [0.717, 1.165) is 21.9 Å². The molecule has 1 amide bonds. The zero-order chi connectivity index (χ0) is 17.9. The maximum absolute atomic E-state index is 12.9. The quantitative estimate of drug-likeness (QED) is 0.589. The summed E-state index contributed by atoms with van der Waals surface area (Å²) in [6.45, 7) is 2.64. The summed E-state index contributed by atoms with van der Waals surface area (Å²) < 4.78 is 1.68. The first-order chi connectivity index (χ1) is 12.8. The Morgan fingerprint density at radius 3 is 2.88 bits per heavy atom. The van der Waals surface area contributed by atoms with E-state index in [1.54, 1.807) is 32.4 Å². The molecule has 10 heteroatoms. The highest BCUT2D eigenvalue weighted by atomic mass is 32.2. The molecule has 0 saturated heterocycles. The number of amides is 1. The monoisotopic (exact) mass is 404 g/mol. The van der Waals surface area contributed by atoms with Crippen molar-refractivity contribution in [2.45, 2.75) is 31.1 Å². The number of aryl methyl sites for hydroxylation is 1. The van der Waals surface area contributed by atoms with Gasteiger partial charge in [0, 0.05) is 17.8 Å². The molecular weight excluding hydrogens is 388 g/mol. The minimum absolute atomic E-state index is 0.0365. The van der Waals surface area contributed by atoms with Gasteiger partial charge in [-0.25, -0.2) is 9.69 Å². The van der Waals surface area contributed by atoms with Crippen molar-refractivity contribution >= 4 is 46.1 Å². The summed E-state index contributed by atoms with van der Waals surface area (Å²) in [6, 6.07) is 8.09. The summed E-state index contributed by atoms with van der Waals surface area (Å²) in [7, 11) is 0. The summed E-state index contributed by atoms with van der Waals surface area (Å²) >= 11 is 4.65. The summed E-state index contributed by atoms with van der Waals surface area (Å²) in [5.41, 5.74) is 0.968. The second-order valence-electron chi connectivity index (χ2n) is 5.56. The van der Waals surface area contributed by atoms with E-state index in [2.05, 4.69) is 26.7 Å². The third kappa shape index (κ3) is 3.44. The van der Waals surface area contributed by atoms with Crippen LogP contribution in [0.15, 0.2) is 45.3 Å². The number of thioether (sulfide) groups is 1. The van der Waals surface area contributed by atoms with Crippen molar-refractivity contribution in [1.82, 2.24) is 25.2 Å². The first-order valence-electron chi connectivity index (χ1n) is 8.12. The Bertz CT molecular complexity index is 902. The number of rotatable bonds is 6. The zero-order valence-corrected chi connectivity index (χ0v) is 16.4. The highest BCUT2D eigenvalue weighted by Gasteiger charge is 2.34. The smallest absolute Gasteiger partial charge is 0.253 e. The second kappa shape index (κ2) is 7.68. The number of hydrazone groups is 1. The lowest BCUT2D eigenvalue weighted by Gasteiger charge is -2.20. The molecule has 0 spiro atoms. The van der Waals surface area contributed by atoms with Gasteiger partial charge in [-0.3, -0.25) is 4.79 Å². The summed E-state index contributed by atoms with van der Waals surface area (Å²) in [6.07, 6.45) is 0.740. The third-order valence-corrected chi connectivity index (χ3v) is 6.80. The van der Waals surface area contributed by atoms with Crippen molar-refractivity contribution < 1.29 is 4.79 Å². The van der Waals surface area contributed by atoms with Crippen LogP contribution in [0, 0.1) is 0 Å². The van der Waals surface area contributed by atoms with E-state index in [9.17, 15) is 4.79 Å². The Hall–Kier alpha value is -2.04. The number of hydrogen-bond donors (Lipinski definition) is 0. The number of carbonyl (C=O) groups is 1. The fraction of sp³-hybridized carbons (Fsp3) is 0.312. The van der Waals surface area contributed by atoms with Crippen LogP contribution in [-0.4, -0.2) is 42.6 Å². The molecule has 0 fully saturated rings. The van der Waals surface area contributed by atoms with Gasteiger partial charge in [-0.05, 0) is 40.2 Å². The molecule has 134 valence electrons. The van der Waals surface area contributed by atoms with Crippen LogP contribution in [0.4, 0.5) is 0 Å². The standard InChI is InChI=1S/C16H16N6OS3/c1-2-21-16(17-19-20-21)26-10-15(23)22-12(14-6-4-8-25-14)9-11(18-22)13-5-3-7-24-13/h3-8,12H,2,9-10H2,1H3/t12-/m0/s1. The lowest BCUT2D eigenvalue weighted by Crippen LogP contribution is -2.28. The normalized spacial score (nSPS) is 16.9. The molecule has 3 aromatic rings. The van der Waals surface area contributed by atoms with E-state index in [1.165, 1.54) is 11.8 Å². The Morgan fingerprint density at radius 1 is 1.31 bits per heavy atom. The second-order valence-corrected chi connectivity index (χ2v) is 8.43. The highest BCUT2D eigenvalue weighted by Crippen LogP contribution is 2.36. The van der Waals surface area contributed by atoms with Gasteiger partial charge in [0.25, 0.3) is 5.91 Å². The van der Waals surface area contributed by atoms with E-state index in [-0.39, 0.29) is 17.7 Å².